The molecule has 0 radical (unpaired) electrons. The van der Waals surface area contributed by atoms with Crippen LogP contribution in [0.2, 0.25) is 0 Å². The maximum atomic E-state index is 14.5. The van der Waals surface area contributed by atoms with Gasteiger partial charge >= 0.3 is 6.18 Å². The topological polar surface area (TPSA) is 76.8 Å². The molecule has 1 N–H and O–H groups in total. The molecule has 11 heteroatoms. The molecule has 2 heterocycles. The summed E-state index contributed by atoms with van der Waals surface area (Å²) in [5.41, 5.74) is -0.402. The molecule has 1 saturated carbocycles. The molecule has 7 nitrogen and oxygen atoms in total. The zero-order chi connectivity index (χ0) is 23.6. The van der Waals surface area contributed by atoms with E-state index in [-0.39, 0.29) is 29.7 Å². The lowest BCUT2D eigenvalue weighted by molar-refractivity contribution is -0.130. The number of amides is 1. The van der Waals surface area contributed by atoms with Crippen LogP contribution < -0.4 is 15.0 Å². The number of methoxy groups -OCH3 is 1. The van der Waals surface area contributed by atoms with Crippen LogP contribution in [0.1, 0.15) is 48.4 Å². The zero-order valence-corrected chi connectivity index (χ0v) is 18.1. The Morgan fingerprint density at radius 3 is 2.61 bits per heavy atom. The van der Waals surface area contributed by atoms with Crippen LogP contribution >= 0.6 is 0 Å². The van der Waals surface area contributed by atoms with Gasteiger partial charge < -0.3 is 24.1 Å². The number of ether oxygens (including phenoxy) is 2. The molecule has 1 aliphatic heterocycles. The number of hydrogen-bond acceptors (Lipinski definition) is 6. The number of rotatable bonds is 7. The second-order valence-corrected chi connectivity index (χ2v) is 8.26. The van der Waals surface area contributed by atoms with Crippen molar-refractivity contribution in [3.8, 4) is 5.75 Å². The first-order chi connectivity index (χ1) is 15.7. The SMILES string of the molecule is COC1CCC(Oc2ccc(NC(=O)c3nc(N4CCCC4)oc3CC(F)(F)F)cc2F)C1. The summed E-state index contributed by atoms with van der Waals surface area (Å²) in [4.78, 5) is 18.4. The number of halogens is 4. The molecule has 2 unspecified atom stereocenters. The molecule has 1 amide bonds. The number of aromatic nitrogens is 1. The molecule has 1 saturated heterocycles. The van der Waals surface area contributed by atoms with E-state index in [9.17, 15) is 22.4 Å². The molecule has 0 spiro atoms. The quantitative estimate of drug-likeness (QED) is 0.589. The van der Waals surface area contributed by atoms with E-state index >= 15 is 0 Å². The van der Waals surface area contributed by atoms with Crippen molar-refractivity contribution in [2.45, 2.75) is 56.9 Å². The number of oxazole rings is 1. The Morgan fingerprint density at radius 2 is 1.97 bits per heavy atom. The fourth-order valence-electron chi connectivity index (χ4n) is 4.13. The molecule has 2 aromatic rings. The average Bonchev–Trinajstić information content (AvgIpc) is 3.49. The summed E-state index contributed by atoms with van der Waals surface area (Å²) in [5, 5.41) is 2.40. The van der Waals surface area contributed by atoms with Gasteiger partial charge in [-0.05, 0) is 37.8 Å². The van der Waals surface area contributed by atoms with Gasteiger partial charge in [0.25, 0.3) is 11.9 Å². The summed E-state index contributed by atoms with van der Waals surface area (Å²) in [7, 11) is 1.62. The smallest absolute Gasteiger partial charge is 0.396 e. The van der Waals surface area contributed by atoms with Crippen molar-refractivity contribution in [2.24, 2.45) is 0 Å². The second kappa shape index (κ2) is 9.58. The van der Waals surface area contributed by atoms with Gasteiger partial charge in [0.05, 0.1) is 6.10 Å². The third-order valence-corrected chi connectivity index (χ3v) is 5.79. The summed E-state index contributed by atoms with van der Waals surface area (Å²) in [6.45, 7) is 1.18. The molecule has 1 aromatic carbocycles. The van der Waals surface area contributed by atoms with Gasteiger partial charge in [-0.1, -0.05) is 0 Å². The molecular formula is C22H25F4N3O4. The van der Waals surface area contributed by atoms with Gasteiger partial charge in [0.2, 0.25) is 0 Å². The minimum atomic E-state index is -4.58. The van der Waals surface area contributed by atoms with Crippen LogP contribution in [0.25, 0.3) is 0 Å². The molecular weight excluding hydrogens is 446 g/mol. The highest BCUT2D eigenvalue weighted by atomic mass is 19.4. The lowest BCUT2D eigenvalue weighted by atomic mass is 10.2. The van der Waals surface area contributed by atoms with Crippen molar-refractivity contribution in [2.75, 3.05) is 30.4 Å². The van der Waals surface area contributed by atoms with Crippen LogP contribution in [-0.2, 0) is 11.2 Å². The van der Waals surface area contributed by atoms with Gasteiger partial charge in [0, 0.05) is 38.4 Å². The normalized spacial score (nSPS) is 20.9. The standard InChI is InChI=1S/C22H25F4N3O4/c1-31-14-5-6-15(11-14)32-17-7-4-13(10-16(17)23)27-20(30)19-18(12-22(24,25)26)33-21(28-19)29-8-2-3-9-29/h4,7,10,14-15H,2-3,5-6,8-9,11-12H2,1H3,(H,27,30). The Labute approximate surface area is 188 Å². The van der Waals surface area contributed by atoms with E-state index in [0.29, 0.717) is 19.5 Å². The molecule has 1 aromatic heterocycles. The first kappa shape index (κ1) is 23.3. The minimum Gasteiger partial charge on any atom is -0.487 e. The number of nitrogens with zero attached hydrogens (tertiary/aromatic N) is 2. The van der Waals surface area contributed by atoms with E-state index < -0.39 is 35.8 Å². The lowest BCUT2D eigenvalue weighted by Gasteiger charge is -2.15. The molecule has 4 rings (SSSR count). The van der Waals surface area contributed by atoms with Gasteiger partial charge in [-0.15, -0.1) is 0 Å². The Balaban J connectivity index is 1.47. The van der Waals surface area contributed by atoms with Crippen molar-refractivity contribution >= 4 is 17.6 Å². The fraction of sp³-hybridized carbons (Fsp3) is 0.545. The maximum Gasteiger partial charge on any atom is 0.396 e. The molecule has 2 aliphatic rings. The van der Waals surface area contributed by atoms with Crippen molar-refractivity contribution < 1.29 is 36.2 Å². The highest BCUT2D eigenvalue weighted by Crippen LogP contribution is 2.31. The molecule has 180 valence electrons. The van der Waals surface area contributed by atoms with Gasteiger partial charge in [-0.25, -0.2) is 4.39 Å². The van der Waals surface area contributed by atoms with Gasteiger partial charge in [-0.3, -0.25) is 4.79 Å². The van der Waals surface area contributed by atoms with Crippen LogP contribution in [0.15, 0.2) is 22.6 Å². The fourth-order valence-corrected chi connectivity index (χ4v) is 4.13. The monoisotopic (exact) mass is 471 g/mol. The first-order valence-electron chi connectivity index (χ1n) is 10.8. The van der Waals surface area contributed by atoms with E-state index in [2.05, 4.69) is 10.3 Å². The van der Waals surface area contributed by atoms with E-state index in [4.69, 9.17) is 13.9 Å². The third-order valence-electron chi connectivity index (χ3n) is 5.79. The number of carbonyl (C=O) groups excluding carboxylic acids is 1. The molecule has 2 atom stereocenters. The number of nitrogens with one attached hydrogen (secondary N) is 1. The van der Waals surface area contributed by atoms with E-state index in [1.165, 1.54) is 12.1 Å². The van der Waals surface area contributed by atoms with Gasteiger partial charge in [-0.2, -0.15) is 18.2 Å². The highest BCUT2D eigenvalue weighted by Gasteiger charge is 2.35. The molecule has 0 bridgehead atoms. The van der Waals surface area contributed by atoms with Crippen LogP contribution in [0.5, 0.6) is 5.75 Å². The zero-order valence-electron chi connectivity index (χ0n) is 18.1. The Morgan fingerprint density at radius 1 is 1.24 bits per heavy atom. The van der Waals surface area contributed by atoms with Crippen LogP contribution in [0.3, 0.4) is 0 Å². The number of alkyl halides is 3. The van der Waals surface area contributed by atoms with E-state index in [0.717, 1.165) is 31.7 Å². The largest absolute Gasteiger partial charge is 0.487 e. The molecule has 33 heavy (non-hydrogen) atoms. The Bertz CT molecular complexity index is 989. The summed E-state index contributed by atoms with van der Waals surface area (Å²) < 4.78 is 69.8. The van der Waals surface area contributed by atoms with Crippen molar-refractivity contribution in [1.82, 2.24) is 4.98 Å². The predicted octanol–water partition coefficient (Wildman–Crippen LogP) is 4.72. The summed E-state index contributed by atoms with van der Waals surface area (Å²) in [6, 6.07) is 3.84. The van der Waals surface area contributed by atoms with Crippen LogP contribution in [0.4, 0.5) is 29.3 Å². The van der Waals surface area contributed by atoms with E-state index in [1.807, 2.05) is 0 Å². The second-order valence-electron chi connectivity index (χ2n) is 8.26. The van der Waals surface area contributed by atoms with Crippen LogP contribution in [-0.4, -0.2) is 49.5 Å². The number of carbonyl (C=O) groups is 1. The van der Waals surface area contributed by atoms with Crippen molar-refractivity contribution in [1.29, 1.82) is 0 Å². The Hall–Kier alpha value is -2.82. The lowest BCUT2D eigenvalue weighted by Crippen LogP contribution is -2.19. The van der Waals surface area contributed by atoms with Crippen molar-refractivity contribution in [3.05, 3.63) is 35.5 Å². The maximum absolute atomic E-state index is 14.5. The van der Waals surface area contributed by atoms with Crippen LogP contribution in [0, 0.1) is 5.82 Å². The van der Waals surface area contributed by atoms with Crippen molar-refractivity contribution in [3.63, 3.8) is 0 Å². The first-order valence-corrected chi connectivity index (χ1v) is 10.8. The number of anilines is 2. The summed E-state index contributed by atoms with van der Waals surface area (Å²) in [6.07, 6.45) is -2.16. The Kier molecular flexibility index (Phi) is 6.78. The predicted molar refractivity (Wildman–Crippen MR) is 111 cm³/mol. The van der Waals surface area contributed by atoms with Gasteiger partial charge in [0.1, 0.15) is 18.3 Å². The summed E-state index contributed by atoms with van der Waals surface area (Å²) >= 11 is 0. The highest BCUT2D eigenvalue weighted by molar-refractivity contribution is 6.03. The molecule has 1 aliphatic carbocycles. The van der Waals surface area contributed by atoms with Gasteiger partial charge in [0.15, 0.2) is 17.3 Å². The summed E-state index contributed by atoms with van der Waals surface area (Å²) in [5.74, 6) is -2.14. The van der Waals surface area contributed by atoms with E-state index in [1.54, 1.807) is 12.0 Å². The number of benzene rings is 1. The number of hydrogen-bond donors (Lipinski definition) is 1. The average molecular weight is 471 g/mol. The minimum absolute atomic E-state index is 0.0160. The molecule has 2 fully saturated rings. The third kappa shape index (κ3) is 5.76.